The summed E-state index contributed by atoms with van der Waals surface area (Å²) in [6.45, 7) is 0. The molecular weight excluding hydrogens is 160 g/mol. The van der Waals surface area contributed by atoms with Crippen molar-refractivity contribution < 1.29 is 5.11 Å². The Morgan fingerprint density at radius 1 is 1.00 bits per heavy atom. The maximum absolute atomic E-state index is 9.65. The van der Waals surface area contributed by atoms with Gasteiger partial charge in [-0.05, 0) is 40.8 Å². The summed E-state index contributed by atoms with van der Waals surface area (Å²) in [6, 6.07) is 10.1. The van der Waals surface area contributed by atoms with Crippen molar-refractivity contribution in [1.82, 2.24) is 0 Å². The van der Waals surface area contributed by atoms with Gasteiger partial charge in [-0.15, -0.1) is 0 Å². The van der Waals surface area contributed by atoms with E-state index < -0.39 is 0 Å². The average Bonchev–Trinajstić information content (AvgIpc) is 2.04. The molecule has 0 saturated heterocycles. The fraction of sp³-hybridized carbons (Fsp3) is 0.167. The fourth-order valence-corrected chi connectivity index (χ4v) is 2.09. The third-order valence-electron chi connectivity index (χ3n) is 2.88. The van der Waals surface area contributed by atoms with Crippen LogP contribution in [0.25, 0.3) is 10.8 Å². The molecule has 0 bridgehead atoms. The maximum Gasteiger partial charge on any atom is 0.119 e. The van der Waals surface area contributed by atoms with Crippen molar-refractivity contribution in [2.75, 3.05) is 0 Å². The van der Waals surface area contributed by atoms with Gasteiger partial charge in [-0.3, -0.25) is 0 Å². The van der Waals surface area contributed by atoms with Gasteiger partial charge >= 0.3 is 0 Å². The van der Waals surface area contributed by atoms with Crippen LogP contribution in [-0.2, 0) is 12.8 Å². The van der Waals surface area contributed by atoms with Crippen LogP contribution in [0.1, 0.15) is 11.1 Å². The summed E-state index contributed by atoms with van der Waals surface area (Å²) in [5.41, 5.74) is 2.49. The van der Waals surface area contributed by atoms with Gasteiger partial charge in [0.25, 0.3) is 0 Å². The molecule has 1 N–H and O–H groups in total. The molecular formula is C12H10O. The standard InChI is InChI=1S/C12H10O/c13-12-7-8-3-1-2-4-9(8)10-5-6-11(10)12/h1-4,7,13H,5-6H2. The highest BCUT2D eigenvalue weighted by molar-refractivity contribution is 5.89. The molecule has 0 fully saturated rings. The normalized spacial score (nSPS) is 13.8. The first-order valence-corrected chi connectivity index (χ1v) is 4.59. The molecule has 2 aromatic carbocycles. The molecule has 3 rings (SSSR count). The molecule has 1 aliphatic carbocycles. The molecule has 0 unspecified atom stereocenters. The van der Waals surface area contributed by atoms with E-state index in [4.69, 9.17) is 0 Å². The summed E-state index contributed by atoms with van der Waals surface area (Å²) in [7, 11) is 0. The van der Waals surface area contributed by atoms with Gasteiger partial charge in [-0.25, -0.2) is 0 Å². The molecule has 0 saturated carbocycles. The van der Waals surface area contributed by atoms with Crippen LogP contribution in [0.4, 0.5) is 0 Å². The van der Waals surface area contributed by atoms with E-state index in [0.717, 1.165) is 23.8 Å². The van der Waals surface area contributed by atoms with Gasteiger partial charge in [0.1, 0.15) is 5.75 Å². The van der Waals surface area contributed by atoms with E-state index in [0.29, 0.717) is 5.75 Å². The minimum Gasteiger partial charge on any atom is -0.508 e. The molecule has 0 atom stereocenters. The second-order valence-electron chi connectivity index (χ2n) is 3.57. The van der Waals surface area contributed by atoms with Crippen LogP contribution >= 0.6 is 0 Å². The minimum absolute atomic E-state index is 0.472. The lowest BCUT2D eigenvalue weighted by Crippen LogP contribution is -2.08. The van der Waals surface area contributed by atoms with Crippen LogP contribution in [0.5, 0.6) is 5.75 Å². The number of aromatic hydroxyl groups is 1. The average molecular weight is 170 g/mol. The zero-order valence-corrected chi connectivity index (χ0v) is 7.25. The summed E-state index contributed by atoms with van der Waals surface area (Å²) in [5.74, 6) is 0.472. The Kier molecular flexibility index (Phi) is 1.21. The van der Waals surface area contributed by atoms with Crippen molar-refractivity contribution in [3.05, 3.63) is 41.5 Å². The lowest BCUT2D eigenvalue weighted by molar-refractivity contribution is 0.463. The lowest BCUT2D eigenvalue weighted by Gasteiger charge is -2.22. The molecule has 13 heavy (non-hydrogen) atoms. The van der Waals surface area contributed by atoms with Gasteiger partial charge in [0.2, 0.25) is 0 Å². The summed E-state index contributed by atoms with van der Waals surface area (Å²) in [4.78, 5) is 0. The number of benzene rings is 2. The molecule has 1 aliphatic rings. The second kappa shape index (κ2) is 2.25. The first kappa shape index (κ1) is 6.96. The van der Waals surface area contributed by atoms with Crippen LogP contribution in [0.15, 0.2) is 30.3 Å². The Morgan fingerprint density at radius 2 is 1.77 bits per heavy atom. The van der Waals surface area contributed by atoms with Crippen LogP contribution in [0.3, 0.4) is 0 Å². The molecule has 0 amide bonds. The highest BCUT2D eigenvalue weighted by Gasteiger charge is 2.19. The summed E-state index contributed by atoms with van der Waals surface area (Å²) in [6.07, 6.45) is 2.15. The second-order valence-corrected chi connectivity index (χ2v) is 3.57. The highest BCUT2D eigenvalue weighted by Crippen LogP contribution is 2.37. The van der Waals surface area contributed by atoms with Crippen LogP contribution in [0.2, 0.25) is 0 Å². The Morgan fingerprint density at radius 3 is 2.54 bits per heavy atom. The smallest absolute Gasteiger partial charge is 0.119 e. The van der Waals surface area contributed by atoms with Gasteiger partial charge in [-0.2, -0.15) is 0 Å². The fourth-order valence-electron chi connectivity index (χ4n) is 2.09. The third-order valence-corrected chi connectivity index (χ3v) is 2.88. The topological polar surface area (TPSA) is 20.2 Å². The van der Waals surface area contributed by atoms with Crippen LogP contribution in [0, 0.1) is 0 Å². The zero-order valence-electron chi connectivity index (χ0n) is 7.25. The first-order chi connectivity index (χ1) is 6.36. The van der Waals surface area contributed by atoms with Crippen LogP contribution in [-0.4, -0.2) is 5.11 Å². The Bertz CT molecular complexity index is 486. The van der Waals surface area contributed by atoms with Crippen molar-refractivity contribution in [1.29, 1.82) is 0 Å². The number of aryl methyl sites for hydroxylation is 1. The number of phenolic OH excluding ortho intramolecular Hbond substituents is 1. The number of hydrogen-bond acceptors (Lipinski definition) is 1. The SMILES string of the molecule is Oc1cc2ccccc2c2c1CC2. The number of fused-ring (bicyclic) bond motifs is 3. The molecule has 1 nitrogen and oxygen atoms in total. The maximum atomic E-state index is 9.65. The number of phenols is 1. The monoisotopic (exact) mass is 170 g/mol. The van der Waals surface area contributed by atoms with E-state index in [2.05, 4.69) is 12.1 Å². The number of rotatable bonds is 0. The van der Waals surface area contributed by atoms with Gasteiger partial charge in [0.15, 0.2) is 0 Å². The third kappa shape index (κ3) is 0.816. The molecule has 1 heteroatoms. The van der Waals surface area contributed by atoms with E-state index in [-0.39, 0.29) is 0 Å². The summed E-state index contributed by atoms with van der Waals surface area (Å²) < 4.78 is 0. The Hall–Kier alpha value is -1.50. The van der Waals surface area contributed by atoms with Gasteiger partial charge in [-0.1, -0.05) is 24.3 Å². The Balaban J connectivity index is 2.49. The van der Waals surface area contributed by atoms with Crippen molar-refractivity contribution in [2.45, 2.75) is 12.8 Å². The van der Waals surface area contributed by atoms with Crippen molar-refractivity contribution >= 4 is 10.8 Å². The molecule has 0 radical (unpaired) electrons. The largest absolute Gasteiger partial charge is 0.508 e. The molecule has 0 spiro atoms. The highest BCUT2D eigenvalue weighted by atomic mass is 16.3. The van der Waals surface area contributed by atoms with Crippen molar-refractivity contribution in [3.8, 4) is 5.75 Å². The van der Waals surface area contributed by atoms with E-state index in [9.17, 15) is 5.11 Å². The number of hydrogen-bond donors (Lipinski definition) is 1. The van der Waals surface area contributed by atoms with E-state index in [1.54, 1.807) is 0 Å². The molecule has 0 aliphatic heterocycles. The van der Waals surface area contributed by atoms with E-state index in [1.807, 2.05) is 18.2 Å². The predicted molar refractivity (Wildman–Crippen MR) is 53.0 cm³/mol. The summed E-state index contributed by atoms with van der Waals surface area (Å²) >= 11 is 0. The van der Waals surface area contributed by atoms with Crippen LogP contribution < -0.4 is 0 Å². The molecule has 64 valence electrons. The Labute approximate surface area is 76.6 Å². The van der Waals surface area contributed by atoms with E-state index in [1.165, 1.54) is 10.9 Å². The molecule has 0 heterocycles. The zero-order chi connectivity index (χ0) is 8.84. The lowest BCUT2D eigenvalue weighted by atomic mass is 9.83. The molecule has 0 aromatic heterocycles. The first-order valence-electron chi connectivity index (χ1n) is 4.59. The van der Waals surface area contributed by atoms with Gasteiger partial charge in [0.05, 0.1) is 0 Å². The minimum atomic E-state index is 0.472. The molecule has 2 aromatic rings. The predicted octanol–water partition coefficient (Wildman–Crippen LogP) is 2.64. The van der Waals surface area contributed by atoms with Crippen molar-refractivity contribution in [2.24, 2.45) is 0 Å². The van der Waals surface area contributed by atoms with Crippen molar-refractivity contribution in [3.63, 3.8) is 0 Å². The van der Waals surface area contributed by atoms with Gasteiger partial charge in [0, 0.05) is 0 Å². The van der Waals surface area contributed by atoms with Gasteiger partial charge < -0.3 is 5.11 Å². The van der Waals surface area contributed by atoms with E-state index >= 15 is 0 Å². The quantitative estimate of drug-likeness (QED) is 0.644. The summed E-state index contributed by atoms with van der Waals surface area (Å²) in [5, 5.41) is 12.1.